The molecule has 1 aliphatic heterocycles. The number of fused-ring (bicyclic) bond motifs is 1. The zero-order valence-electron chi connectivity index (χ0n) is 11.0. The molecule has 21 heavy (non-hydrogen) atoms. The highest BCUT2D eigenvalue weighted by molar-refractivity contribution is 14.1. The minimum atomic E-state index is -0.551. The van der Waals surface area contributed by atoms with Gasteiger partial charge in [-0.05, 0) is 28.2 Å². The van der Waals surface area contributed by atoms with Gasteiger partial charge in [0, 0.05) is 16.1 Å². The monoisotopic (exact) mass is 393 g/mol. The molecule has 0 saturated heterocycles. The Hall–Kier alpha value is -1.89. The highest BCUT2D eigenvalue weighted by Crippen LogP contribution is 2.43. The fourth-order valence-corrected chi connectivity index (χ4v) is 3.34. The van der Waals surface area contributed by atoms with Gasteiger partial charge in [-0.3, -0.25) is 10.1 Å². The van der Waals surface area contributed by atoms with E-state index in [9.17, 15) is 10.1 Å². The van der Waals surface area contributed by atoms with Crippen molar-refractivity contribution in [1.82, 2.24) is 0 Å². The summed E-state index contributed by atoms with van der Waals surface area (Å²) in [5.74, 6) is 0.710. The normalized spacial score (nSPS) is 17.1. The Morgan fingerprint density at radius 1 is 1.10 bits per heavy atom. The lowest BCUT2D eigenvalue weighted by Gasteiger charge is -2.27. The van der Waals surface area contributed by atoms with Gasteiger partial charge in [-0.2, -0.15) is 0 Å². The molecule has 106 valence electrons. The first-order chi connectivity index (χ1) is 10.2. The van der Waals surface area contributed by atoms with E-state index in [2.05, 4.69) is 22.6 Å². The molecule has 0 amide bonds. The predicted molar refractivity (Wildman–Crippen MR) is 89.4 cm³/mol. The van der Waals surface area contributed by atoms with Crippen molar-refractivity contribution in [1.29, 1.82) is 0 Å². The van der Waals surface area contributed by atoms with Crippen LogP contribution >= 0.6 is 22.6 Å². The van der Waals surface area contributed by atoms with Gasteiger partial charge in [0.1, 0.15) is 5.76 Å². The largest absolute Gasteiger partial charge is 0.477 e. The molecule has 0 spiro atoms. The molecule has 2 aromatic rings. The zero-order valence-corrected chi connectivity index (χ0v) is 13.2. The van der Waals surface area contributed by atoms with E-state index in [1.807, 2.05) is 54.6 Å². The van der Waals surface area contributed by atoms with Crippen LogP contribution in [0.5, 0.6) is 0 Å². The molecule has 0 N–H and O–H groups in total. The van der Waals surface area contributed by atoms with E-state index in [0.717, 1.165) is 20.3 Å². The summed E-state index contributed by atoms with van der Waals surface area (Å²) in [6.07, 6.45) is -0.551. The number of benzene rings is 2. The van der Waals surface area contributed by atoms with Gasteiger partial charge in [0.2, 0.25) is 6.54 Å². The average molecular weight is 393 g/mol. The van der Waals surface area contributed by atoms with Gasteiger partial charge < -0.3 is 4.74 Å². The molecular formula is C16H12INO3. The number of nitrogens with zero attached hydrogens (tertiary/aromatic N) is 1. The number of hydrogen-bond donors (Lipinski definition) is 0. The van der Waals surface area contributed by atoms with Gasteiger partial charge in [0.05, 0.1) is 3.58 Å². The average Bonchev–Trinajstić information content (AvgIpc) is 2.51. The number of halogens is 1. The van der Waals surface area contributed by atoms with Crippen LogP contribution in [0.25, 0.3) is 9.34 Å². The maximum absolute atomic E-state index is 10.9. The molecule has 1 atom stereocenters. The van der Waals surface area contributed by atoms with E-state index < -0.39 is 6.10 Å². The Labute approximate surface area is 135 Å². The Kier molecular flexibility index (Phi) is 3.92. The van der Waals surface area contributed by atoms with Crippen molar-refractivity contribution in [2.45, 2.75) is 6.10 Å². The van der Waals surface area contributed by atoms with Crippen LogP contribution in [0.15, 0.2) is 54.6 Å². The molecule has 0 radical (unpaired) electrons. The second kappa shape index (κ2) is 5.85. The topological polar surface area (TPSA) is 52.4 Å². The summed E-state index contributed by atoms with van der Waals surface area (Å²) in [7, 11) is 0. The quantitative estimate of drug-likeness (QED) is 0.444. The van der Waals surface area contributed by atoms with Gasteiger partial charge >= 0.3 is 0 Å². The molecule has 1 heterocycles. The van der Waals surface area contributed by atoms with Gasteiger partial charge in [-0.25, -0.2) is 0 Å². The Morgan fingerprint density at radius 2 is 1.76 bits per heavy atom. The van der Waals surface area contributed by atoms with Crippen molar-refractivity contribution in [2.75, 3.05) is 6.54 Å². The number of ether oxygens (including phenoxy) is 1. The molecule has 3 rings (SSSR count). The highest BCUT2D eigenvalue weighted by atomic mass is 127. The summed E-state index contributed by atoms with van der Waals surface area (Å²) < 4.78 is 6.93. The summed E-state index contributed by atoms with van der Waals surface area (Å²) in [4.78, 5) is 10.6. The molecule has 1 aliphatic rings. The summed E-state index contributed by atoms with van der Waals surface area (Å²) >= 11 is 2.24. The lowest BCUT2D eigenvalue weighted by atomic mass is 9.97. The highest BCUT2D eigenvalue weighted by Gasteiger charge is 2.30. The van der Waals surface area contributed by atoms with E-state index in [1.54, 1.807) is 0 Å². The fourth-order valence-electron chi connectivity index (χ4n) is 2.41. The molecule has 0 saturated carbocycles. The smallest absolute Gasteiger partial charge is 0.244 e. The van der Waals surface area contributed by atoms with Crippen molar-refractivity contribution in [2.24, 2.45) is 0 Å². The van der Waals surface area contributed by atoms with E-state index in [1.165, 1.54) is 0 Å². The van der Waals surface area contributed by atoms with Crippen LogP contribution in [0.2, 0.25) is 0 Å². The van der Waals surface area contributed by atoms with Crippen LogP contribution in [0.3, 0.4) is 0 Å². The SMILES string of the molecule is O=[N+]([O-])CC1OC(c2ccccc2)=C(I)c2ccccc21. The molecule has 5 heteroatoms. The van der Waals surface area contributed by atoms with Gasteiger partial charge in [0.15, 0.2) is 6.10 Å². The first-order valence-electron chi connectivity index (χ1n) is 6.50. The third-order valence-electron chi connectivity index (χ3n) is 3.35. The summed E-state index contributed by atoms with van der Waals surface area (Å²) in [6.45, 7) is -0.239. The van der Waals surface area contributed by atoms with Crippen LogP contribution in [0.4, 0.5) is 0 Å². The summed E-state index contributed by atoms with van der Waals surface area (Å²) in [5, 5.41) is 10.9. The van der Waals surface area contributed by atoms with Crippen LogP contribution in [0, 0.1) is 10.1 Å². The summed E-state index contributed by atoms with van der Waals surface area (Å²) in [5.41, 5.74) is 2.82. The fraction of sp³-hybridized carbons (Fsp3) is 0.125. The van der Waals surface area contributed by atoms with E-state index >= 15 is 0 Å². The number of hydrogen-bond acceptors (Lipinski definition) is 3. The molecule has 4 nitrogen and oxygen atoms in total. The maximum Gasteiger partial charge on any atom is 0.244 e. The molecule has 0 fully saturated rings. The number of nitro groups is 1. The Morgan fingerprint density at radius 3 is 2.48 bits per heavy atom. The standard InChI is InChI=1S/C16H12INO3/c17-15-13-9-5-4-8-12(13)14(10-18(19)20)21-16(15)11-6-2-1-3-7-11/h1-9,14H,10H2. The minimum absolute atomic E-state index is 0.239. The second-order valence-electron chi connectivity index (χ2n) is 4.72. The summed E-state index contributed by atoms with van der Waals surface area (Å²) in [6, 6.07) is 17.4. The van der Waals surface area contributed by atoms with Gasteiger partial charge in [-0.1, -0.05) is 54.6 Å². The van der Waals surface area contributed by atoms with Crippen LogP contribution in [-0.2, 0) is 4.74 Å². The van der Waals surface area contributed by atoms with Crippen molar-refractivity contribution in [3.63, 3.8) is 0 Å². The van der Waals surface area contributed by atoms with Crippen LogP contribution in [0.1, 0.15) is 22.8 Å². The minimum Gasteiger partial charge on any atom is -0.477 e. The predicted octanol–water partition coefficient (Wildman–Crippen LogP) is 4.30. The van der Waals surface area contributed by atoms with Crippen molar-refractivity contribution >= 4 is 31.9 Å². The first-order valence-corrected chi connectivity index (χ1v) is 7.57. The lowest BCUT2D eigenvalue weighted by Crippen LogP contribution is -2.19. The van der Waals surface area contributed by atoms with Gasteiger partial charge in [-0.15, -0.1) is 0 Å². The number of rotatable bonds is 3. The van der Waals surface area contributed by atoms with Crippen molar-refractivity contribution in [3.8, 4) is 0 Å². The molecule has 2 aromatic carbocycles. The van der Waals surface area contributed by atoms with E-state index in [0.29, 0.717) is 5.76 Å². The van der Waals surface area contributed by atoms with E-state index in [4.69, 9.17) is 4.74 Å². The lowest BCUT2D eigenvalue weighted by molar-refractivity contribution is -0.491. The van der Waals surface area contributed by atoms with Crippen molar-refractivity contribution < 1.29 is 9.66 Å². The molecule has 0 bridgehead atoms. The first kappa shape index (κ1) is 14.1. The molecular weight excluding hydrogens is 381 g/mol. The third-order valence-corrected chi connectivity index (χ3v) is 4.43. The molecule has 0 aliphatic carbocycles. The molecule has 1 unspecified atom stereocenters. The van der Waals surface area contributed by atoms with Crippen LogP contribution < -0.4 is 0 Å². The van der Waals surface area contributed by atoms with Gasteiger partial charge in [0.25, 0.3) is 0 Å². The third kappa shape index (κ3) is 2.78. The molecule has 0 aromatic heterocycles. The Balaban J connectivity index is 2.12. The zero-order chi connectivity index (χ0) is 14.8. The second-order valence-corrected chi connectivity index (χ2v) is 5.80. The van der Waals surface area contributed by atoms with Crippen molar-refractivity contribution in [3.05, 3.63) is 81.4 Å². The Bertz CT molecular complexity index is 712. The van der Waals surface area contributed by atoms with E-state index in [-0.39, 0.29) is 11.5 Å². The van der Waals surface area contributed by atoms with Crippen LogP contribution in [-0.4, -0.2) is 11.5 Å². The maximum atomic E-state index is 10.9.